The molecule has 1 atom stereocenters. The summed E-state index contributed by atoms with van der Waals surface area (Å²) in [4.78, 5) is 25.7. The summed E-state index contributed by atoms with van der Waals surface area (Å²) < 4.78 is 79.3. The van der Waals surface area contributed by atoms with E-state index in [1.165, 1.54) is 0 Å². The summed E-state index contributed by atoms with van der Waals surface area (Å²) in [5.41, 5.74) is 4.80. The number of halogens is 6. The quantitative estimate of drug-likeness (QED) is 0.461. The molecule has 0 aliphatic carbocycles. The van der Waals surface area contributed by atoms with E-state index in [1.54, 1.807) is 0 Å². The Kier molecular flexibility index (Phi) is 5.34. The van der Waals surface area contributed by atoms with Crippen molar-refractivity contribution in [2.75, 3.05) is 6.54 Å². The van der Waals surface area contributed by atoms with Crippen molar-refractivity contribution < 1.29 is 35.9 Å². The highest BCUT2D eigenvalue weighted by atomic mass is 19.4. The van der Waals surface area contributed by atoms with E-state index >= 15 is 0 Å². The molecule has 2 aromatic rings. The zero-order valence-electron chi connectivity index (χ0n) is 14.5. The number of aromatic nitrogens is 3. The fraction of sp³-hybridized carbons (Fsp3) is 0.375. The number of hydrogen-bond donors (Lipinski definition) is 1. The van der Waals surface area contributed by atoms with Crippen LogP contribution < -0.4 is 5.73 Å². The molecule has 0 radical (unpaired) electrons. The number of ketones is 1. The van der Waals surface area contributed by atoms with Crippen LogP contribution in [-0.4, -0.2) is 43.9 Å². The molecular formula is C16H13F6N5O2. The van der Waals surface area contributed by atoms with E-state index in [1.807, 2.05) is 0 Å². The average molecular weight is 421 g/mol. The summed E-state index contributed by atoms with van der Waals surface area (Å²) in [6, 6.07) is -1.03. The molecule has 1 aromatic heterocycles. The van der Waals surface area contributed by atoms with Gasteiger partial charge in [-0.1, -0.05) is 0 Å². The van der Waals surface area contributed by atoms with Crippen molar-refractivity contribution in [3.8, 4) is 0 Å². The van der Waals surface area contributed by atoms with E-state index in [0.717, 1.165) is 9.47 Å². The van der Waals surface area contributed by atoms with Gasteiger partial charge in [0.15, 0.2) is 23.2 Å². The lowest BCUT2D eigenvalue weighted by Gasteiger charge is -2.28. The van der Waals surface area contributed by atoms with Crippen molar-refractivity contribution in [3.63, 3.8) is 0 Å². The molecule has 1 aromatic carbocycles. The Morgan fingerprint density at radius 1 is 1.07 bits per heavy atom. The van der Waals surface area contributed by atoms with E-state index in [-0.39, 0.29) is 31.5 Å². The van der Waals surface area contributed by atoms with Gasteiger partial charge in [-0.05, 0) is 6.07 Å². The second-order valence-electron chi connectivity index (χ2n) is 6.33. The molecule has 3 rings (SSSR count). The number of alkyl halides is 3. The molecule has 2 heterocycles. The predicted octanol–water partition coefficient (Wildman–Crippen LogP) is 1.66. The van der Waals surface area contributed by atoms with Crippen molar-refractivity contribution in [2.24, 2.45) is 5.73 Å². The molecule has 0 fully saturated rings. The Bertz CT molecular complexity index is 973. The lowest BCUT2D eigenvalue weighted by atomic mass is 10.0. The number of carbonyl (C=O) groups is 2. The number of nitrogens with zero attached hydrogens (tertiary/aromatic N) is 4. The van der Waals surface area contributed by atoms with Crippen LogP contribution in [0.3, 0.4) is 0 Å². The number of hydrogen-bond acceptors (Lipinski definition) is 5. The molecule has 0 spiro atoms. The second-order valence-corrected chi connectivity index (χ2v) is 6.33. The third-order valence-corrected chi connectivity index (χ3v) is 4.37. The van der Waals surface area contributed by atoms with Crippen LogP contribution in [0.2, 0.25) is 0 Å². The van der Waals surface area contributed by atoms with Crippen LogP contribution in [0.5, 0.6) is 0 Å². The summed E-state index contributed by atoms with van der Waals surface area (Å²) in [6.07, 6.45) is -5.31. The molecular weight excluding hydrogens is 408 g/mol. The first-order valence-corrected chi connectivity index (χ1v) is 8.20. The predicted molar refractivity (Wildman–Crippen MR) is 83.7 cm³/mol. The SMILES string of the molecule is N[C@H](CC(=O)N1CCn2c(nnc2C(F)(F)F)C1)C(=O)c1cc(F)c(F)cc1F. The number of benzene rings is 1. The highest BCUT2D eigenvalue weighted by Crippen LogP contribution is 2.29. The average Bonchev–Trinajstić information content (AvgIpc) is 3.07. The van der Waals surface area contributed by atoms with Crippen molar-refractivity contribution in [2.45, 2.75) is 31.7 Å². The van der Waals surface area contributed by atoms with Gasteiger partial charge in [0.1, 0.15) is 5.82 Å². The first-order chi connectivity index (χ1) is 13.5. The Hall–Kier alpha value is -2.96. The molecule has 1 aliphatic rings. The van der Waals surface area contributed by atoms with Crippen molar-refractivity contribution in [1.29, 1.82) is 0 Å². The molecule has 0 saturated carbocycles. The third-order valence-electron chi connectivity index (χ3n) is 4.37. The summed E-state index contributed by atoms with van der Waals surface area (Å²) in [5, 5.41) is 6.50. The molecule has 1 aliphatic heterocycles. The van der Waals surface area contributed by atoms with E-state index in [0.29, 0.717) is 6.07 Å². The van der Waals surface area contributed by atoms with Gasteiger partial charge in [0, 0.05) is 25.6 Å². The number of carbonyl (C=O) groups excluding carboxylic acids is 2. The Morgan fingerprint density at radius 2 is 1.72 bits per heavy atom. The number of nitrogens with two attached hydrogens (primary N) is 1. The van der Waals surface area contributed by atoms with E-state index in [9.17, 15) is 35.9 Å². The van der Waals surface area contributed by atoms with Gasteiger partial charge in [-0.2, -0.15) is 13.2 Å². The summed E-state index contributed by atoms with van der Waals surface area (Å²) >= 11 is 0. The van der Waals surface area contributed by atoms with Crippen molar-refractivity contribution >= 4 is 11.7 Å². The largest absolute Gasteiger partial charge is 0.451 e. The van der Waals surface area contributed by atoms with Gasteiger partial charge in [0.25, 0.3) is 0 Å². The fourth-order valence-electron chi connectivity index (χ4n) is 2.90. The highest BCUT2D eigenvalue weighted by Gasteiger charge is 2.40. The maximum atomic E-state index is 13.7. The number of rotatable bonds is 4. The maximum absolute atomic E-state index is 13.7. The first-order valence-electron chi connectivity index (χ1n) is 8.20. The molecule has 2 N–H and O–H groups in total. The Labute approximate surface area is 159 Å². The van der Waals surface area contributed by atoms with Crippen molar-refractivity contribution in [1.82, 2.24) is 19.7 Å². The van der Waals surface area contributed by atoms with Crippen LogP contribution in [0.15, 0.2) is 12.1 Å². The minimum atomic E-state index is -4.69. The highest BCUT2D eigenvalue weighted by molar-refractivity contribution is 6.02. The van der Waals surface area contributed by atoms with Gasteiger partial charge < -0.3 is 15.2 Å². The Morgan fingerprint density at radius 3 is 2.38 bits per heavy atom. The van der Waals surface area contributed by atoms with Gasteiger partial charge in [-0.3, -0.25) is 9.59 Å². The molecule has 156 valence electrons. The van der Waals surface area contributed by atoms with E-state index in [4.69, 9.17) is 5.73 Å². The lowest BCUT2D eigenvalue weighted by molar-refractivity contribution is -0.148. The molecule has 0 saturated heterocycles. The second kappa shape index (κ2) is 7.46. The van der Waals surface area contributed by atoms with Gasteiger partial charge >= 0.3 is 6.18 Å². The topological polar surface area (TPSA) is 94.1 Å². The van der Waals surface area contributed by atoms with E-state index in [2.05, 4.69) is 10.2 Å². The van der Waals surface area contributed by atoms with Crippen LogP contribution >= 0.6 is 0 Å². The van der Waals surface area contributed by atoms with Crippen LogP contribution in [0.1, 0.15) is 28.4 Å². The zero-order valence-corrected chi connectivity index (χ0v) is 14.5. The van der Waals surface area contributed by atoms with Gasteiger partial charge in [-0.15, -0.1) is 10.2 Å². The minimum Gasteiger partial charge on any atom is -0.333 e. The zero-order chi connectivity index (χ0) is 21.5. The minimum absolute atomic E-state index is 0.0940. The Balaban J connectivity index is 1.69. The molecule has 29 heavy (non-hydrogen) atoms. The van der Waals surface area contributed by atoms with E-state index < -0.39 is 59.2 Å². The third kappa shape index (κ3) is 4.09. The van der Waals surface area contributed by atoms with Crippen LogP contribution in [0.25, 0.3) is 0 Å². The van der Waals surface area contributed by atoms with Gasteiger partial charge in [0.2, 0.25) is 11.7 Å². The number of fused-ring (bicyclic) bond motifs is 1. The number of amides is 1. The molecule has 7 nitrogen and oxygen atoms in total. The summed E-state index contributed by atoms with van der Waals surface area (Å²) in [6.45, 7) is -0.625. The van der Waals surface area contributed by atoms with Crippen molar-refractivity contribution in [3.05, 3.63) is 46.8 Å². The van der Waals surface area contributed by atoms with Crippen LogP contribution in [0, 0.1) is 17.5 Å². The van der Waals surface area contributed by atoms with Crippen LogP contribution in [0.4, 0.5) is 26.3 Å². The summed E-state index contributed by atoms with van der Waals surface area (Å²) in [7, 11) is 0. The first kappa shape index (κ1) is 20.8. The smallest absolute Gasteiger partial charge is 0.333 e. The molecule has 0 bridgehead atoms. The normalized spacial score (nSPS) is 15.2. The summed E-state index contributed by atoms with van der Waals surface area (Å²) in [5.74, 6) is -7.36. The lowest BCUT2D eigenvalue weighted by Crippen LogP contribution is -2.43. The molecule has 1 amide bonds. The van der Waals surface area contributed by atoms with Gasteiger partial charge in [-0.25, -0.2) is 13.2 Å². The maximum Gasteiger partial charge on any atom is 0.451 e. The van der Waals surface area contributed by atoms with Crippen LogP contribution in [-0.2, 0) is 24.1 Å². The molecule has 13 heteroatoms. The monoisotopic (exact) mass is 421 g/mol. The number of Topliss-reactive ketones (excluding diaryl/α,β-unsaturated/α-hetero) is 1. The molecule has 0 unspecified atom stereocenters. The fourth-order valence-corrected chi connectivity index (χ4v) is 2.90. The standard InChI is InChI=1S/C16H13F6N5O2/c17-8-4-10(19)9(18)3-7(8)14(29)11(23)5-13(28)26-1-2-27-12(6-26)24-25-15(27)16(20,21)22/h3-4,11H,1-2,5-6,23H2/t11-/m1/s1. The van der Waals surface area contributed by atoms with Gasteiger partial charge in [0.05, 0.1) is 18.2 Å².